The number of aromatic hydroxyl groups is 1. The van der Waals surface area contributed by atoms with Gasteiger partial charge in [0.25, 0.3) is 5.91 Å². The van der Waals surface area contributed by atoms with E-state index in [1.54, 1.807) is 18.2 Å². The number of amides is 1. The van der Waals surface area contributed by atoms with Crippen LogP contribution in [0.2, 0.25) is 0 Å². The maximum absolute atomic E-state index is 12.2. The highest BCUT2D eigenvalue weighted by Crippen LogP contribution is 2.25. The van der Waals surface area contributed by atoms with Crippen molar-refractivity contribution >= 4 is 5.91 Å². The summed E-state index contributed by atoms with van der Waals surface area (Å²) in [4.78, 5) is 14.0. The molecule has 1 amide bonds. The van der Waals surface area contributed by atoms with Crippen molar-refractivity contribution in [3.63, 3.8) is 0 Å². The number of carbonyl (C=O) groups excluding carboxylic acids is 1. The monoisotopic (exact) mass is 233 g/mol. The van der Waals surface area contributed by atoms with Crippen LogP contribution in [0.4, 0.5) is 0 Å². The highest BCUT2D eigenvalue weighted by atomic mass is 16.3. The van der Waals surface area contributed by atoms with Crippen LogP contribution in [0.25, 0.3) is 0 Å². The largest absolute Gasteiger partial charge is 0.508 e. The number of hydrogen-bond donors (Lipinski definition) is 1. The number of aryl methyl sites for hydroxylation is 1. The zero-order valence-corrected chi connectivity index (χ0v) is 10.4. The molecule has 1 N–H and O–H groups in total. The van der Waals surface area contributed by atoms with Crippen molar-refractivity contribution in [3.05, 3.63) is 29.3 Å². The molecule has 17 heavy (non-hydrogen) atoms. The topological polar surface area (TPSA) is 40.5 Å². The summed E-state index contributed by atoms with van der Waals surface area (Å²) in [6, 6.07) is 5.49. The zero-order chi connectivity index (χ0) is 12.4. The maximum Gasteiger partial charge on any atom is 0.253 e. The highest BCUT2D eigenvalue weighted by Gasteiger charge is 2.24. The molecule has 92 valence electrons. The summed E-state index contributed by atoms with van der Waals surface area (Å²) in [6.07, 6.45) is 4.61. The Balaban J connectivity index is 2.15. The number of nitrogens with zero attached hydrogens (tertiary/aromatic N) is 1. The van der Waals surface area contributed by atoms with Crippen molar-refractivity contribution in [1.29, 1.82) is 0 Å². The van der Waals surface area contributed by atoms with Gasteiger partial charge in [-0.15, -0.1) is 0 Å². The van der Waals surface area contributed by atoms with Crippen LogP contribution >= 0.6 is 0 Å². The van der Waals surface area contributed by atoms with Crippen LogP contribution in [0.5, 0.6) is 5.75 Å². The van der Waals surface area contributed by atoms with Gasteiger partial charge < -0.3 is 10.0 Å². The lowest BCUT2D eigenvalue weighted by atomic mass is 10.1. The van der Waals surface area contributed by atoms with Gasteiger partial charge in [-0.3, -0.25) is 4.79 Å². The van der Waals surface area contributed by atoms with Crippen LogP contribution < -0.4 is 0 Å². The van der Waals surface area contributed by atoms with Crippen LogP contribution in [0.1, 0.15) is 41.6 Å². The molecule has 2 rings (SSSR count). The van der Waals surface area contributed by atoms with Crippen LogP contribution in [-0.2, 0) is 0 Å². The average Bonchev–Trinajstić information content (AvgIpc) is 2.84. The Labute approximate surface area is 102 Å². The first-order chi connectivity index (χ1) is 8.09. The third-order valence-electron chi connectivity index (χ3n) is 3.65. The fourth-order valence-corrected chi connectivity index (χ4v) is 2.40. The second-order valence-corrected chi connectivity index (χ2v) is 4.86. The number of phenols is 1. The summed E-state index contributed by atoms with van der Waals surface area (Å²) in [6.45, 7) is 1.82. The van der Waals surface area contributed by atoms with E-state index in [1.807, 2.05) is 18.9 Å². The fraction of sp³-hybridized carbons (Fsp3) is 0.500. The molecule has 1 aliphatic carbocycles. The van der Waals surface area contributed by atoms with E-state index >= 15 is 0 Å². The molecule has 3 heteroatoms. The Morgan fingerprint density at radius 3 is 2.59 bits per heavy atom. The molecule has 0 radical (unpaired) electrons. The van der Waals surface area contributed by atoms with Crippen molar-refractivity contribution in [2.45, 2.75) is 38.6 Å². The van der Waals surface area contributed by atoms with Crippen LogP contribution in [-0.4, -0.2) is 29.0 Å². The molecule has 0 heterocycles. The van der Waals surface area contributed by atoms with E-state index in [9.17, 15) is 9.90 Å². The molecule has 0 aliphatic heterocycles. The molecule has 0 spiro atoms. The molecule has 1 aliphatic rings. The number of rotatable bonds is 2. The Bertz CT molecular complexity index is 422. The lowest BCUT2D eigenvalue weighted by molar-refractivity contribution is 0.0735. The summed E-state index contributed by atoms with van der Waals surface area (Å²) in [5.41, 5.74) is 1.37. The van der Waals surface area contributed by atoms with E-state index in [0.717, 1.165) is 18.4 Å². The van der Waals surface area contributed by atoms with E-state index in [1.165, 1.54) is 12.8 Å². The number of carbonyl (C=O) groups is 1. The molecule has 0 saturated heterocycles. The first-order valence-electron chi connectivity index (χ1n) is 6.16. The third kappa shape index (κ3) is 2.43. The van der Waals surface area contributed by atoms with Crippen molar-refractivity contribution < 1.29 is 9.90 Å². The second-order valence-electron chi connectivity index (χ2n) is 4.86. The number of benzene rings is 1. The molecule has 1 aromatic rings. The smallest absolute Gasteiger partial charge is 0.253 e. The van der Waals surface area contributed by atoms with Gasteiger partial charge in [0, 0.05) is 18.7 Å². The SMILES string of the molecule is Cc1ccc(C(=O)N(C)C2CCCC2)cc1O. The van der Waals surface area contributed by atoms with Gasteiger partial charge in [0.15, 0.2) is 0 Å². The summed E-state index contributed by atoms with van der Waals surface area (Å²) in [5.74, 6) is 0.197. The molecule has 1 saturated carbocycles. The quantitative estimate of drug-likeness (QED) is 0.853. The average molecular weight is 233 g/mol. The molecular weight excluding hydrogens is 214 g/mol. The van der Waals surface area contributed by atoms with Crippen molar-refractivity contribution in [2.75, 3.05) is 7.05 Å². The fourth-order valence-electron chi connectivity index (χ4n) is 2.40. The molecule has 1 aromatic carbocycles. The molecule has 1 fully saturated rings. The summed E-state index contributed by atoms with van der Waals surface area (Å²) >= 11 is 0. The summed E-state index contributed by atoms with van der Waals surface area (Å²) in [7, 11) is 1.86. The second kappa shape index (κ2) is 4.78. The van der Waals surface area contributed by atoms with Crippen molar-refractivity contribution in [2.24, 2.45) is 0 Å². The maximum atomic E-state index is 12.2. The molecule has 0 bridgehead atoms. The van der Waals surface area contributed by atoms with Gasteiger partial charge in [-0.2, -0.15) is 0 Å². The predicted molar refractivity (Wildman–Crippen MR) is 67.2 cm³/mol. The minimum Gasteiger partial charge on any atom is -0.508 e. The lowest BCUT2D eigenvalue weighted by Crippen LogP contribution is -2.35. The standard InChI is InChI=1S/C14H19NO2/c1-10-7-8-11(9-13(10)16)14(17)15(2)12-5-3-4-6-12/h7-9,12,16H,3-6H2,1-2H3. The molecular formula is C14H19NO2. The van der Waals surface area contributed by atoms with Gasteiger partial charge in [0.2, 0.25) is 0 Å². The minimum absolute atomic E-state index is 0.00667. The molecule has 0 unspecified atom stereocenters. The predicted octanol–water partition coefficient (Wildman–Crippen LogP) is 2.72. The van der Waals surface area contributed by atoms with E-state index in [-0.39, 0.29) is 11.7 Å². The van der Waals surface area contributed by atoms with E-state index in [2.05, 4.69) is 0 Å². The Morgan fingerprint density at radius 2 is 2.00 bits per heavy atom. The number of phenolic OH excluding ortho intramolecular Hbond substituents is 1. The van der Waals surface area contributed by atoms with Crippen molar-refractivity contribution in [3.8, 4) is 5.75 Å². The first-order valence-corrected chi connectivity index (χ1v) is 6.16. The Morgan fingerprint density at radius 1 is 1.35 bits per heavy atom. The first kappa shape index (κ1) is 12.0. The van der Waals surface area contributed by atoms with Crippen LogP contribution in [0.3, 0.4) is 0 Å². The summed E-state index contributed by atoms with van der Waals surface area (Å²) < 4.78 is 0. The Kier molecular flexibility index (Phi) is 3.36. The zero-order valence-electron chi connectivity index (χ0n) is 10.4. The van der Waals surface area contributed by atoms with Gasteiger partial charge >= 0.3 is 0 Å². The minimum atomic E-state index is 0.00667. The van der Waals surface area contributed by atoms with Gasteiger partial charge in [0.1, 0.15) is 5.75 Å². The van der Waals surface area contributed by atoms with Gasteiger partial charge in [-0.25, -0.2) is 0 Å². The van der Waals surface area contributed by atoms with E-state index in [4.69, 9.17) is 0 Å². The number of hydrogen-bond acceptors (Lipinski definition) is 2. The van der Waals surface area contributed by atoms with Gasteiger partial charge in [0.05, 0.1) is 0 Å². The van der Waals surface area contributed by atoms with E-state index < -0.39 is 0 Å². The van der Waals surface area contributed by atoms with Crippen molar-refractivity contribution in [1.82, 2.24) is 4.90 Å². The van der Waals surface area contributed by atoms with Crippen LogP contribution in [0, 0.1) is 6.92 Å². The van der Waals surface area contributed by atoms with Crippen LogP contribution in [0.15, 0.2) is 18.2 Å². The molecule has 3 nitrogen and oxygen atoms in total. The molecule has 0 aromatic heterocycles. The van der Waals surface area contributed by atoms with Gasteiger partial charge in [-0.05, 0) is 37.5 Å². The van der Waals surface area contributed by atoms with E-state index in [0.29, 0.717) is 11.6 Å². The highest BCUT2D eigenvalue weighted by molar-refractivity contribution is 5.94. The normalized spacial score (nSPS) is 16.1. The molecule has 0 atom stereocenters. The van der Waals surface area contributed by atoms with Gasteiger partial charge in [-0.1, -0.05) is 18.9 Å². The Hall–Kier alpha value is -1.51. The summed E-state index contributed by atoms with van der Waals surface area (Å²) in [5, 5.41) is 9.63. The third-order valence-corrected chi connectivity index (χ3v) is 3.65. The lowest BCUT2D eigenvalue weighted by Gasteiger charge is -2.24.